The maximum atomic E-state index is 12.9. The van der Waals surface area contributed by atoms with E-state index in [4.69, 9.17) is 4.74 Å². The second-order valence-corrected chi connectivity index (χ2v) is 5.87. The second kappa shape index (κ2) is 6.46. The van der Waals surface area contributed by atoms with E-state index >= 15 is 0 Å². The summed E-state index contributed by atoms with van der Waals surface area (Å²) in [4.78, 5) is 17.4. The zero-order chi connectivity index (χ0) is 15.5. The number of methoxy groups -OCH3 is 1. The predicted molar refractivity (Wildman–Crippen MR) is 88.8 cm³/mol. The molecule has 0 spiro atoms. The lowest BCUT2D eigenvalue weighted by Gasteiger charge is -2.31. The second-order valence-electron chi connectivity index (χ2n) is 5.87. The Balaban J connectivity index is 1.89. The maximum absolute atomic E-state index is 12.9. The Morgan fingerprint density at radius 3 is 2.55 bits per heavy atom. The summed E-state index contributed by atoms with van der Waals surface area (Å²) in [7, 11) is 3.74. The number of benzene rings is 2. The van der Waals surface area contributed by atoms with Crippen LogP contribution in [0.3, 0.4) is 0 Å². The fourth-order valence-electron chi connectivity index (χ4n) is 3.00. The molecule has 0 aromatic heterocycles. The molecule has 0 radical (unpaired) electrons. The molecule has 1 aliphatic rings. The molecule has 0 amide bonds. The fourth-order valence-corrected chi connectivity index (χ4v) is 3.00. The van der Waals surface area contributed by atoms with Gasteiger partial charge in [0, 0.05) is 26.2 Å². The standard InChI is InChI=1S/C18H22N2O2/c1-19-9-11-20(12-10-19)13-16(21)18-15-6-4-3-5-14(15)7-8-17(18)22-2/h3-8H,9-13H2,1-2H3. The summed E-state index contributed by atoms with van der Waals surface area (Å²) in [6.07, 6.45) is 0. The number of carbonyl (C=O) groups is 1. The molecule has 0 unspecified atom stereocenters. The molecule has 0 aliphatic carbocycles. The molecule has 22 heavy (non-hydrogen) atoms. The Morgan fingerprint density at radius 1 is 1.09 bits per heavy atom. The lowest BCUT2D eigenvalue weighted by molar-refractivity contribution is 0.0875. The van der Waals surface area contributed by atoms with Crippen molar-refractivity contribution < 1.29 is 9.53 Å². The molecule has 4 heteroatoms. The molecule has 1 heterocycles. The topological polar surface area (TPSA) is 32.8 Å². The van der Waals surface area contributed by atoms with E-state index in [1.165, 1.54) is 0 Å². The number of ether oxygens (including phenoxy) is 1. The van der Waals surface area contributed by atoms with Crippen LogP contribution in [0.2, 0.25) is 0 Å². The molecule has 1 aliphatic heterocycles. The number of nitrogens with zero attached hydrogens (tertiary/aromatic N) is 2. The summed E-state index contributed by atoms with van der Waals surface area (Å²) in [5.41, 5.74) is 0.708. The minimum atomic E-state index is 0.137. The van der Waals surface area contributed by atoms with Gasteiger partial charge in [0.25, 0.3) is 0 Å². The molecule has 0 atom stereocenters. The Labute approximate surface area is 131 Å². The van der Waals surface area contributed by atoms with Gasteiger partial charge in [0.1, 0.15) is 5.75 Å². The number of fused-ring (bicyclic) bond motifs is 1. The van der Waals surface area contributed by atoms with E-state index in [1.54, 1.807) is 7.11 Å². The highest BCUT2D eigenvalue weighted by Gasteiger charge is 2.21. The highest BCUT2D eigenvalue weighted by atomic mass is 16.5. The molecule has 4 nitrogen and oxygen atoms in total. The minimum absolute atomic E-state index is 0.137. The van der Waals surface area contributed by atoms with Gasteiger partial charge in [-0.2, -0.15) is 0 Å². The third kappa shape index (κ3) is 2.98. The number of piperazine rings is 1. The van der Waals surface area contributed by atoms with Gasteiger partial charge < -0.3 is 9.64 Å². The lowest BCUT2D eigenvalue weighted by atomic mass is 9.99. The van der Waals surface area contributed by atoms with E-state index in [0.29, 0.717) is 17.9 Å². The summed E-state index contributed by atoms with van der Waals surface area (Å²) in [6, 6.07) is 11.9. The highest BCUT2D eigenvalue weighted by Crippen LogP contribution is 2.28. The van der Waals surface area contributed by atoms with Crippen LogP contribution in [-0.2, 0) is 0 Å². The van der Waals surface area contributed by atoms with Gasteiger partial charge in [-0.15, -0.1) is 0 Å². The number of rotatable bonds is 4. The molecule has 0 saturated carbocycles. The first-order valence-electron chi connectivity index (χ1n) is 7.69. The van der Waals surface area contributed by atoms with Crippen LogP contribution in [0, 0.1) is 0 Å². The van der Waals surface area contributed by atoms with E-state index in [1.807, 2.05) is 36.4 Å². The largest absolute Gasteiger partial charge is 0.496 e. The van der Waals surface area contributed by atoms with Crippen molar-refractivity contribution in [2.75, 3.05) is 46.9 Å². The SMILES string of the molecule is COc1ccc2ccccc2c1C(=O)CN1CCN(C)CC1. The smallest absolute Gasteiger partial charge is 0.181 e. The van der Waals surface area contributed by atoms with Gasteiger partial charge in [-0.3, -0.25) is 9.69 Å². The monoisotopic (exact) mass is 298 g/mol. The number of likely N-dealkylation sites (N-methyl/N-ethyl adjacent to an activating group) is 1. The molecular formula is C18H22N2O2. The van der Waals surface area contributed by atoms with Gasteiger partial charge >= 0.3 is 0 Å². The highest BCUT2D eigenvalue weighted by molar-refractivity contribution is 6.11. The van der Waals surface area contributed by atoms with Crippen molar-refractivity contribution in [3.63, 3.8) is 0 Å². The van der Waals surface area contributed by atoms with Crippen LogP contribution in [0.25, 0.3) is 10.8 Å². The van der Waals surface area contributed by atoms with E-state index in [-0.39, 0.29) is 5.78 Å². The van der Waals surface area contributed by atoms with Gasteiger partial charge in [0.2, 0.25) is 0 Å². The van der Waals surface area contributed by atoms with E-state index in [2.05, 4.69) is 16.8 Å². The minimum Gasteiger partial charge on any atom is -0.496 e. The van der Waals surface area contributed by atoms with Crippen LogP contribution in [0.5, 0.6) is 5.75 Å². The van der Waals surface area contributed by atoms with E-state index in [9.17, 15) is 4.79 Å². The van der Waals surface area contributed by atoms with Gasteiger partial charge in [-0.05, 0) is 23.9 Å². The zero-order valence-electron chi connectivity index (χ0n) is 13.2. The molecule has 1 saturated heterocycles. The zero-order valence-corrected chi connectivity index (χ0v) is 13.2. The van der Waals surface area contributed by atoms with Crippen molar-refractivity contribution in [3.8, 4) is 5.75 Å². The number of hydrogen-bond donors (Lipinski definition) is 0. The van der Waals surface area contributed by atoms with Crippen molar-refractivity contribution in [1.82, 2.24) is 9.80 Å². The molecule has 2 aromatic carbocycles. The van der Waals surface area contributed by atoms with Crippen LogP contribution < -0.4 is 4.74 Å². The van der Waals surface area contributed by atoms with Crippen molar-refractivity contribution in [2.45, 2.75) is 0 Å². The number of carbonyl (C=O) groups excluding carboxylic acids is 1. The molecule has 116 valence electrons. The Kier molecular flexibility index (Phi) is 4.41. The third-order valence-electron chi connectivity index (χ3n) is 4.35. The molecule has 3 rings (SSSR count). The van der Waals surface area contributed by atoms with Gasteiger partial charge in [0.05, 0.1) is 19.2 Å². The Morgan fingerprint density at radius 2 is 1.82 bits per heavy atom. The summed E-state index contributed by atoms with van der Waals surface area (Å²) >= 11 is 0. The quantitative estimate of drug-likeness (QED) is 0.811. The first-order chi connectivity index (χ1) is 10.7. The number of ketones is 1. The van der Waals surface area contributed by atoms with Crippen molar-refractivity contribution in [3.05, 3.63) is 42.0 Å². The number of hydrogen-bond acceptors (Lipinski definition) is 4. The molecular weight excluding hydrogens is 276 g/mol. The van der Waals surface area contributed by atoms with Crippen LogP contribution in [-0.4, -0.2) is 62.5 Å². The lowest BCUT2D eigenvalue weighted by Crippen LogP contribution is -2.46. The molecule has 1 fully saturated rings. The Hall–Kier alpha value is -1.91. The maximum Gasteiger partial charge on any atom is 0.181 e. The van der Waals surface area contributed by atoms with Crippen LogP contribution >= 0.6 is 0 Å². The first kappa shape index (κ1) is 15.0. The van der Waals surface area contributed by atoms with E-state index in [0.717, 1.165) is 37.0 Å². The fraction of sp³-hybridized carbons (Fsp3) is 0.389. The van der Waals surface area contributed by atoms with E-state index < -0.39 is 0 Å². The molecule has 2 aromatic rings. The van der Waals surface area contributed by atoms with Crippen molar-refractivity contribution >= 4 is 16.6 Å². The number of Topliss-reactive ketones (excluding diaryl/α,β-unsaturated/α-hetero) is 1. The summed E-state index contributed by atoms with van der Waals surface area (Å²) in [5, 5.41) is 2.05. The molecule has 0 bridgehead atoms. The van der Waals surface area contributed by atoms with Crippen LogP contribution in [0.4, 0.5) is 0 Å². The van der Waals surface area contributed by atoms with Crippen molar-refractivity contribution in [2.24, 2.45) is 0 Å². The average molecular weight is 298 g/mol. The summed E-state index contributed by atoms with van der Waals surface area (Å²) < 4.78 is 5.43. The Bertz CT molecular complexity index is 676. The van der Waals surface area contributed by atoms with Crippen LogP contribution in [0.15, 0.2) is 36.4 Å². The molecule has 0 N–H and O–H groups in total. The van der Waals surface area contributed by atoms with Crippen LogP contribution in [0.1, 0.15) is 10.4 Å². The first-order valence-corrected chi connectivity index (χ1v) is 7.69. The van der Waals surface area contributed by atoms with Gasteiger partial charge in [-0.25, -0.2) is 0 Å². The predicted octanol–water partition coefficient (Wildman–Crippen LogP) is 2.28. The van der Waals surface area contributed by atoms with Gasteiger partial charge in [0.15, 0.2) is 5.78 Å². The average Bonchev–Trinajstić information content (AvgIpc) is 2.55. The third-order valence-corrected chi connectivity index (χ3v) is 4.35. The van der Waals surface area contributed by atoms with Crippen molar-refractivity contribution in [1.29, 1.82) is 0 Å². The van der Waals surface area contributed by atoms with Gasteiger partial charge in [-0.1, -0.05) is 30.3 Å². The summed E-state index contributed by atoms with van der Waals surface area (Å²) in [5.74, 6) is 0.802. The normalized spacial score (nSPS) is 16.8. The summed E-state index contributed by atoms with van der Waals surface area (Å²) in [6.45, 7) is 4.36.